The van der Waals surface area contributed by atoms with Gasteiger partial charge >= 0.3 is 0 Å². The van der Waals surface area contributed by atoms with E-state index in [9.17, 15) is 10.4 Å². The molecule has 0 spiro atoms. The maximum absolute atomic E-state index is 9.27. The van der Waals surface area contributed by atoms with Gasteiger partial charge in [-0.05, 0) is 26.2 Å². The van der Waals surface area contributed by atoms with Crippen molar-refractivity contribution >= 4 is 11.8 Å². The van der Waals surface area contributed by atoms with Crippen LogP contribution in [0.2, 0.25) is 0 Å². The lowest BCUT2D eigenvalue weighted by Crippen LogP contribution is -2.44. The van der Waals surface area contributed by atoms with Crippen molar-refractivity contribution in [3.05, 3.63) is 0 Å². The number of hydrogen-bond donors (Lipinski definition) is 3. The average Bonchev–Trinajstić information content (AvgIpc) is 3.09. The number of thioether (sulfide) groups is 1. The van der Waals surface area contributed by atoms with E-state index >= 15 is 0 Å². The van der Waals surface area contributed by atoms with Crippen LogP contribution in [0.5, 0.6) is 0 Å². The van der Waals surface area contributed by atoms with Gasteiger partial charge in [-0.15, -0.1) is 0 Å². The topological polar surface area (TPSA) is 76.3 Å². The van der Waals surface area contributed by atoms with Crippen LogP contribution in [0.3, 0.4) is 0 Å². The minimum atomic E-state index is -0.660. The Balaban J connectivity index is 2.31. The van der Waals surface area contributed by atoms with Gasteiger partial charge in [-0.2, -0.15) is 17.0 Å². The summed E-state index contributed by atoms with van der Waals surface area (Å²) in [6.07, 6.45) is 2.43. The largest absolute Gasteiger partial charge is 0.394 e. The number of nitrogens with one attached hydrogen (secondary N) is 1. The lowest BCUT2D eigenvalue weighted by atomic mass is 9.98. The fourth-order valence-electron chi connectivity index (χ4n) is 1.78. The number of aliphatic hydroxyl groups excluding tert-OH is 2. The van der Waals surface area contributed by atoms with E-state index < -0.39 is 11.6 Å². The second-order valence-electron chi connectivity index (χ2n) is 5.05. The van der Waals surface area contributed by atoms with Crippen LogP contribution >= 0.6 is 11.8 Å². The van der Waals surface area contributed by atoms with Crippen molar-refractivity contribution < 1.29 is 10.2 Å². The molecule has 1 aliphatic rings. The summed E-state index contributed by atoms with van der Waals surface area (Å²) in [5.41, 5.74) is -0.474. The summed E-state index contributed by atoms with van der Waals surface area (Å²) in [4.78, 5) is 0. The fraction of sp³-hybridized carbons (Fsp3) is 0.917. The molecule has 1 saturated carbocycles. The van der Waals surface area contributed by atoms with Crippen molar-refractivity contribution in [3.8, 4) is 6.07 Å². The highest BCUT2D eigenvalue weighted by Crippen LogP contribution is 2.27. The molecule has 3 N–H and O–H groups in total. The molecule has 4 nitrogen and oxygen atoms in total. The van der Waals surface area contributed by atoms with Gasteiger partial charge in [0.25, 0.3) is 0 Å². The molecule has 3 atom stereocenters. The van der Waals surface area contributed by atoms with Gasteiger partial charge in [-0.1, -0.05) is 6.92 Å². The van der Waals surface area contributed by atoms with E-state index in [0.29, 0.717) is 11.8 Å². The first kappa shape index (κ1) is 14.8. The van der Waals surface area contributed by atoms with Gasteiger partial charge in [0.15, 0.2) is 0 Å². The minimum Gasteiger partial charge on any atom is -0.394 e. The molecule has 1 fully saturated rings. The zero-order chi connectivity index (χ0) is 12.9. The van der Waals surface area contributed by atoms with Crippen molar-refractivity contribution in [1.29, 1.82) is 5.26 Å². The van der Waals surface area contributed by atoms with Crippen molar-refractivity contribution in [1.82, 2.24) is 5.32 Å². The fourth-order valence-corrected chi connectivity index (χ4v) is 2.88. The monoisotopic (exact) mass is 258 g/mol. The zero-order valence-electron chi connectivity index (χ0n) is 10.5. The molecule has 0 aliphatic heterocycles. The Hall–Kier alpha value is -0.280. The Morgan fingerprint density at radius 2 is 2.24 bits per heavy atom. The highest BCUT2D eigenvalue weighted by atomic mass is 32.2. The second kappa shape index (κ2) is 6.60. The summed E-state index contributed by atoms with van der Waals surface area (Å²) in [7, 11) is 0. The molecule has 0 aromatic carbocycles. The summed E-state index contributed by atoms with van der Waals surface area (Å²) in [6.45, 7) is 3.79. The lowest BCUT2D eigenvalue weighted by Gasteiger charge is -2.26. The molecule has 0 aromatic rings. The molecule has 0 bridgehead atoms. The lowest BCUT2D eigenvalue weighted by molar-refractivity contribution is 0.113. The van der Waals surface area contributed by atoms with Crippen molar-refractivity contribution in [2.45, 2.75) is 56.0 Å². The van der Waals surface area contributed by atoms with E-state index in [1.807, 2.05) is 6.92 Å². The van der Waals surface area contributed by atoms with Crippen LogP contribution in [0.15, 0.2) is 0 Å². The maximum Gasteiger partial charge on any atom is 0.105 e. The molecular weight excluding hydrogens is 236 g/mol. The molecule has 1 aliphatic carbocycles. The molecule has 17 heavy (non-hydrogen) atoms. The molecule has 0 saturated heterocycles. The highest BCUT2D eigenvalue weighted by Gasteiger charge is 2.33. The van der Waals surface area contributed by atoms with E-state index in [2.05, 4.69) is 18.3 Å². The first-order chi connectivity index (χ1) is 7.99. The van der Waals surface area contributed by atoms with Crippen molar-refractivity contribution in [2.24, 2.45) is 0 Å². The van der Waals surface area contributed by atoms with Crippen molar-refractivity contribution in [2.75, 3.05) is 12.4 Å². The Morgan fingerprint density at radius 1 is 1.59 bits per heavy atom. The molecular formula is C12H22N2O2S. The number of nitriles is 1. The summed E-state index contributed by atoms with van der Waals surface area (Å²) in [5, 5.41) is 30.9. The van der Waals surface area contributed by atoms with Crippen LogP contribution in [0.25, 0.3) is 0 Å². The Morgan fingerprint density at radius 3 is 2.71 bits per heavy atom. The summed E-state index contributed by atoms with van der Waals surface area (Å²) in [5.74, 6) is 0.516. The molecule has 0 amide bonds. The summed E-state index contributed by atoms with van der Waals surface area (Å²) >= 11 is 1.60. The quantitative estimate of drug-likeness (QED) is 0.603. The van der Waals surface area contributed by atoms with Crippen LogP contribution in [-0.2, 0) is 0 Å². The third kappa shape index (κ3) is 5.73. The molecule has 3 unspecified atom stereocenters. The number of aliphatic hydroxyl groups is 2. The van der Waals surface area contributed by atoms with Crippen LogP contribution < -0.4 is 5.32 Å². The molecule has 0 aromatic heterocycles. The predicted octanol–water partition coefficient (Wildman–Crippen LogP) is 0.886. The van der Waals surface area contributed by atoms with Gasteiger partial charge in [0.1, 0.15) is 5.54 Å². The molecule has 5 heteroatoms. The predicted molar refractivity (Wildman–Crippen MR) is 69.8 cm³/mol. The first-order valence-electron chi connectivity index (χ1n) is 6.08. The van der Waals surface area contributed by atoms with E-state index in [-0.39, 0.29) is 11.9 Å². The zero-order valence-corrected chi connectivity index (χ0v) is 11.3. The third-order valence-corrected chi connectivity index (χ3v) is 4.14. The Labute approximate surface area is 107 Å². The van der Waals surface area contributed by atoms with Gasteiger partial charge < -0.3 is 10.2 Å². The van der Waals surface area contributed by atoms with Gasteiger partial charge in [-0.3, -0.25) is 5.32 Å². The van der Waals surface area contributed by atoms with E-state index in [0.717, 1.165) is 6.42 Å². The highest BCUT2D eigenvalue weighted by molar-refractivity contribution is 7.99. The summed E-state index contributed by atoms with van der Waals surface area (Å²) < 4.78 is 0. The van der Waals surface area contributed by atoms with Gasteiger partial charge in [0.05, 0.1) is 18.8 Å². The summed E-state index contributed by atoms with van der Waals surface area (Å²) in [6, 6.07) is 2.86. The average molecular weight is 258 g/mol. The Bertz CT molecular complexity index is 278. The van der Waals surface area contributed by atoms with Gasteiger partial charge in [0, 0.05) is 17.0 Å². The van der Waals surface area contributed by atoms with Crippen molar-refractivity contribution in [3.63, 3.8) is 0 Å². The first-order valence-corrected chi connectivity index (χ1v) is 7.13. The van der Waals surface area contributed by atoms with E-state index in [4.69, 9.17) is 5.11 Å². The molecule has 0 radical (unpaired) electrons. The van der Waals surface area contributed by atoms with E-state index in [1.54, 1.807) is 11.8 Å². The second-order valence-corrected chi connectivity index (χ2v) is 6.52. The number of nitrogens with zero attached hydrogens (tertiary/aromatic N) is 1. The van der Waals surface area contributed by atoms with Crippen LogP contribution in [0.4, 0.5) is 0 Å². The van der Waals surface area contributed by atoms with Crippen LogP contribution in [0, 0.1) is 11.3 Å². The van der Waals surface area contributed by atoms with E-state index in [1.165, 1.54) is 12.8 Å². The smallest absolute Gasteiger partial charge is 0.105 e. The van der Waals surface area contributed by atoms with Gasteiger partial charge in [0.2, 0.25) is 0 Å². The molecule has 0 heterocycles. The number of rotatable bonds is 8. The Kier molecular flexibility index (Phi) is 5.74. The van der Waals surface area contributed by atoms with Crippen LogP contribution in [-0.4, -0.2) is 45.5 Å². The third-order valence-electron chi connectivity index (χ3n) is 2.83. The van der Waals surface area contributed by atoms with Crippen LogP contribution in [0.1, 0.15) is 33.1 Å². The minimum absolute atomic E-state index is 0.199. The molecule has 98 valence electrons. The molecule has 1 rings (SSSR count). The SMILES string of the molecule is CC(CC(C)(C#N)NC1CC1)SCC(O)CO. The standard InChI is InChI=1S/C12H22N2O2S/c1-9(17-7-11(16)6-15)5-12(2,8-13)14-10-3-4-10/h9-11,14-16H,3-7H2,1-2H3. The normalized spacial score (nSPS) is 22.5. The number of hydrogen-bond acceptors (Lipinski definition) is 5. The van der Waals surface area contributed by atoms with Gasteiger partial charge in [-0.25, -0.2) is 0 Å². The maximum atomic E-state index is 9.27.